The Balaban J connectivity index is -0.000000313. The molecule has 0 fully saturated rings. The van der Waals surface area contributed by atoms with Crippen molar-refractivity contribution in [1.82, 2.24) is 0 Å². The van der Waals surface area contributed by atoms with Gasteiger partial charge in [0.05, 0.1) is 0 Å². The number of rotatable bonds is 0. The third-order valence-electron chi connectivity index (χ3n) is 3.55. The van der Waals surface area contributed by atoms with Crippen molar-refractivity contribution < 1.29 is 44.8 Å². The first-order chi connectivity index (χ1) is 10.4. The molecular formula is C22H34Cl2Ti-2. The van der Waals surface area contributed by atoms with Crippen LogP contribution in [-0.2, 0) is 30.8 Å². The standard InChI is InChI=1S/2C10H15.C2H4.2ClH.Ti/c2*1-8-5-6-9(7-8)10(2,3)4;1-2;;;/h2*5-7H,1-4H3;1H,2H3;2*1H;/q2*-1;;;;+2/p-2. The quantitative estimate of drug-likeness (QED) is 0.430. The molecule has 2 aromatic rings. The Morgan fingerprint density at radius 2 is 1.00 bits per heavy atom. The summed E-state index contributed by atoms with van der Waals surface area (Å²) in [5.41, 5.74) is 6.23. The van der Waals surface area contributed by atoms with E-state index in [1.54, 1.807) is 0 Å². The van der Waals surface area contributed by atoms with Crippen LogP contribution in [0.25, 0.3) is 0 Å². The maximum absolute atomic E-state index is 2.25. The van der Waals surface area contributed by atoms with Crippen molar-refractivity contribution in [1.29, 1.82) is 0 Å². The van der Waals surface area contributed by atoms with Gasteiger partial charge in [-0.2, -0.15) is 46.5 Å². The molecule has 2 rings (SSSR count). The molecular weight excluding hydrogens is 383 g/mol. The van der Waals surface area contributed by atoms with Gasteiger partial charge in [0.2, 0.25) is 0 Å². The first kappa shape index (κ1) is 29.6. The Morgan fingerprint density at radius 3 is 1.08 bits per heavy atom. The van der Waals surface area contributed by atoms with Gasteiger partial charge >= 0.3 is 31.2 Å². The number of hydrogen-bond acceptors (Lipinski definition) is 0. The summed E-state index contributed by atoms with van der Waals surface area (Å²) in [5, 5.41) is 0. The second-order valence-electron chi connectivity index (χ2n) is 8.14. The molecule has 0 saturated heterocycles. The maximum Gasteiger partial charge on any atom is -0.0635 e. The minimum atomic E-state index is 0. The Kier molecular flexibility index (Phi) is 15.5. The Labute approximate surface area is 180 Å². The van der Waals surface area contributed by atoms with Gasteiger partial charge in [-0.1, -0.05) is 66.2 Å². The van der Waals surface area contributed by atoms with E-state index < -0.39 is 0 Å². The molecule has 25 heavy (non-hydrogen) atoms. The first-order valence-corrected chi connectivity index (χ1v) is 9.24. The third-order valence-corrected chi connectivity index (χ3v) is 3.55. The van der Waals surface area contributed by atoms with E-state index in [0.29, 0.717) is 10.8 Å². The van der Waals surface area contributed by atoms with Gasteiger partial charge in [0.25, 0.3) is 0 Å². The van der Waals surface area contributed by atoms with Crippen molar-refractivity contribution in [2.75, 3.05) is 0 Å². The van der Waals surface area contributed by atoms with Crippen LogP contribution in [0.15, 0.2) is 36.4 Å². The van der Waals surface area contributed by atoms with E-state index in [-0.39, 0.29) is 24.8 Å². The van der Waals surface area contributed by atoms with Crippen molar-refractivity contribution in [2.45, 2.75) is 73.1 Å². The number of aryl methyl sites for hydroxylation is 2. The van der Waals surface area contributed by atoms with Crippen LogP contribution in [-0.4, -0.2) is 4.31 Å². The zero-order valence-electron chi connectivity index (χ0n) is 17.3. The van der Waals surface area contributed by atoms with Crippen molar-refractivity contribution >= 4 is 4.31 Å². The molecule has 0 amide bonds. The monoisotopic (exact) mass is 416 g/mol. The molecule has 0 aromatic heterocycles. The second kappa shape index (κ2) is 13.1. The van der Waals surface area contributed by atoms with Crippen LogP contribution in [0.1, 0.15) is 70.7 Å². The predicted molar refractivity (Wildman–Crippen MR) is 103 cm³/mol. The average molecular weight is 417 g/mol. The molecule has 3 heteroatoms. The second-order valence-corrected chi connectivity index (χ2v) is 9.04. The molecule has 0 aliphatic rings. The molecule has 0 aliphatic heterocycles. The maximum atomic E-state index is 2.25. The van der Waals surface area contributed by atoms with Crippen LogP contribution < -0.4 is 24.8 Å². The van der Waals surface area contributed by atoms with Crippen LogP contribution >= 0.6 is 0 Å². The largest absolute Gasteiger partial charge is 1.00 e. The molecule has 0 unspecified atom stereocenters. The van der Waals surface area contributed by atoms with Gasteiger partial charge in [-0.05, 0) is 0 Å². The minimum Gasteiger partial charge on any atom is -1.00 e. The van der Waals surface area contributed by atoms with Crippen molar-refractivity contribution in [2.24, 2.45) is 0 Å². The van der Waals surface area contributed by atoms with Crippen LogP contribution in [0.3, 0.4) is 0 Å². The normalized spacial score (nSPS) is 10.2. The minimum absolute atomic E-state index is 0. The van der Waals surface area contributed by atoms with Gasteiger partial charge in [0, 0.05) is 0 Å². The van der Waals surface area contributed by atoms with Crippen molar-refractivity contribution in [3.63, 3.8) is 0 Å². The molecule has 0 aliphatic carbocycles. The first-order valence-electron chi connectivity index (χ1n) is 8.34. The fourth-order valence-electron chi connectivity index (χ4n) is 2.06. The van der Waals surface area contributed by atoms with Crippen LogP contribution in [0, 0.1) is 13.8 Å². The molecule has 2 aromatic carbocycles. The van der Waals surface area contributed by atoms with Gasteiger partial charge in [-0.25, -0.2) is 12.1 Å². The molecule has 0 nitrogen and oxygen atoms in total. The summed E-state index contributed by atoms with van der Waals surface area (Å²) in [7, 11) is 0. The zero-order chi connectivity index (χ0) is 18.3. The average Bonchev–Trinajstić information content (AvgIpc) is 2.98. The van der Waals surface area contributed by atoms with E-state index in [2.05, 4.69) is 91.8 Å². The Hall–Kier alpha value is -0.136. The molecule has 0 bridgehead atoms. The number of halogens is 2. The van der Waals surface area contributed by atoms with E-state index in [4.69, 9.17) is 0 Å². The molecule has 0 saturated carbocycles. The molecule has 0 N–H and O–H groups in total. The van der Waals surface area contributed by atoms with Crippen LogP contribution in [0.4, 0.5) is 0 Å². The summed E-state index contributed by atoms with van der Waals surface area (Å²) >= 11 is 2.00. The molecule has 0 spiro atoms. The van der Waals surface area contributed by atoms with Crippen molar-refractivity contribution in [3.05, 3.63) is 58.7 Å². The Bertz CT molecular complexity index is 527. The fraction of sp³-hybridized carbons (Fsp3) is 0.500. The van der Waals surface area contributed by atoms with E-state index >= 15 is 0 Å². The van der Waals surface area contributed by atoms with Crippen LogP contribution in [0.2, 0.25) is 0 Å². The molecule has 0 radical (unpaired) electrons. The summed E-state index contributed by atoms with van der Waals surface area (Å²) < 4.78 is 2.00. The van der Waals surface area contributed by atoms with Gasteiger partial charge in [0.1, 0.15) is 0 Å². The Morgan fingerprint density at radius 1 is 0.760 bits per heavy atom. The fourth-order valence-corrected chi connectivity index (χ4v) is 2.06. The summed E-state index contributed by atoms with van der Waals surface area (Å²) in [6.07, 6.45) is 0. The molecule has 0 atom stereocenters. The smallest absolute Gasteiger partial charge is 0.0635 e. The predicted octanol–water partition coefficient (Wildman–Crippen LogP) is 0.386. The summed E-state index contributed by atoms with van der Waals surface area (Å²) in [6, 6.07) is 13.2. The van der Waals surface area contributed by atoms with E-state index in [9.17, 15) is 0 Å². The molecule has 142 valence electrons. The van der Waals surface area contributed by atoms with Gasteiger partial charge in [-0.15, -0.1) is 0 Å². The molecule has 0 heterocycles. The SMILES string of the molecule is C[CH]=[Ti+2].Cc1cc(C(C)(C)C)c[cH-]1.Cc1cc(C(C)(C)C)c[cH-]1.[Cl-].[Cl-]. The third kappa shape index (κ3) is 12.8. The number of hydrogen-bond donors (Lipinski definition) is 0. The summed E-state index contributed by atoms with van der Waals surface area (Å²) in [6.45, 7) is 19.7. The van der Waals surface area contributed by atoms with Gasteiger partial charge in [0.15, 0.2) is 0 Å². The van der Waals surface area contributed by atoms with Crippen LogP contribution in [0.5, 0.6) is 0 Å². The van der Waals surface area contributed by atoms with E-state index in [0.717, 1.165) is 0 Å². The topological polar surface area (TPSA) is 0 Å². The van der Waals surface area contributed by atoms with E-state index in [1.165, 1.54) is 22.3 Å². The zero-order valence-corrected chi connectivity index (χ0v) is 20.4. The van der Waals surface area contributed by atoms with E-state index in [1.807, 2.05) is 31.2 Å². The van der Waals surface area contributed by atoms with Crippen molar-refractivity contribution in [3.8, 4) is 0 Å². The van der Waals surface area contributed by atoms with Gasteiger partial charge < -0.3 is 24.8 Å². The summed E-state index contributed by atoms with van der Waals surface area (Å²) in [4.78, 5) is 0. The summed E-state index contributed by atoms with van der Waals surface area (Å²) in [5.74, 6) is 0. The van der Waals surface area contributed by atoms with Gasteiger partial charge in [-0.3, -0.25) is 0 Å².